The Morgan fingerprint density at radius 2 is 1.45 bits per heavy atom. The fourth-order valence-electron chi connectivity index (χ4n) is 5.43. The van der Waals surface area contributed by atoms with Crippen molar-refractivity contribution in [3.8, 4) is 28.1 Å². The minimum atomic E-state index is -0.310. The van der Waals surface area contributed by atoms with E-state index in [9.17, 15) is 10.1 Å². The van der Waals surface area contributed by atoms with E-state index in [1.807, 2.05) is 36.4 Å². The van der Waals surface area contributed by atoms with Crippen molar-refractivity contribution in [1.29, 1.82) is 0 Å². The highest BCUT2D eigenvalue weighted by Crippen LogP contribution is 2.53. The molecule has 4 nitrogen and oxygen atoms in total. The normalized spacial score (nSPS) is 13.6. The second-order valence-corrected chi connectivity index (χ2v) is 9.07. The maximum atomic E-state index is 11.7. The van der Waals surface area contributed by atoms with E-state index in [0.29, 0.717) is 5.56 Å². The highest BCUT2D eigenvalue weighted by Gasteiger charge is 2.40. The van der Waals surface area contributed by atoms with Crippen molar-refractivity contribution in [2.24, 2.45) is 0 Å². The number of hydrogen-bond donors (Lipinski definition) is 0. The van der Waals surface area contributed by atoms with Crippen molar-refractivity contribution in [2.75, 3.05) is 0 Å². The van der Waals surface area contributed by atoms with Crippen LogP contribution < -0.4 is 0 Å². The van der Waals surface area contributed by atoms with Crippen molar-refractivity contribution < 1.29 is 4.92 Å². The van der Waals surface area contributed by atoms with Crippen LogP contribution in [0.3, 0.4) is 0 Å². The minimum Gasteiger partial charge on any atom is -0.309 e. The van der Waals surface area contributed by atoms with Gasteiger partial charge in [-0.3, -0.25) is 10.1 Å². The molecular formula is C29H22N2O2. The van der Waals surface area contributed by atoms with Crippen LogP contribution in [0, 0.1) is 10.1 Å². The van der Waals surface area contributed by atoms with Crippen LogP contribution in [-0.4, -0.2) is 9.49 Å². The predicted molar refractivity (Wildman–Crippen MR) is 133 cm³/mol. The van der Waals surface area contributed by atoms with Crippen LogP contribution in [0.25, 0.3) is 39.0 Å². The fraction of sp³-hybridized carbons (Fsp3) is 0.103. The van der Waals surface area contributed by atoms with E-state index >= 15 is 0 Å². The number of nitro groups is 1. The summed E-state index contributed by atoms with van der Waals surface area (Å²) in [5.41, 5.74) is 8.65. The van der Waals surface area contributed by atoms with Gasteiger partial charge in [0.1, 0.15) is 0 Å². The Bertz CT molecular complexity index is 1560. The zero-order chi connectivity index (χ0) is 22.7. The second-order valence-electron chi connectivity index (χ2n) is 9.07. The third-order valence-corrected chi connectivity index (χ3v) is 6.88. The number of para-hydroxylation sites is 2. The molecule has 160 valence electrons. The molecule has 0 N–H and O–H groups in total. The van der Waals surface area contributed by atoms with Crippen LogP contribution in [0.1, 0.15) is 25.0 Å². The first-order valence-electron chi connectivity index (χ1n) is 11.1. The van der Waals surface area contributed by atoms with Gasteiger partial charge in [0.05, 0.1) is 21.7 Å². The monoisotopic (exact) mass is 430 g/mol. The van der Waals surface area contributed by atoms with Crippen molar-refractivity contribution in [3.63, 3.8) is 0 Å². The van der Waals surface area contributed by atoms with Crippen LogP contribution in [0.5, 0.6) is 0 Å². The molecule has 4 heteroatoms. The molecule has 0 bridgehead atoms. The molecule has 0 radical (unpaired) electrons. The van der Waals surface area contributed by atoms with Crippen LogP contribution in [0.15, 0.2) is 97.1 Å². The summed E-state index contributed by atoms with van der Waals surface area (Å²) in [6.07, 6.45) is 0. The molecule has 0 atom stereocenters. The Kier molecular flexibility index (Phi) is 4.08. The maximum Gasteiger partial charge on any atom is 0.277 e. The number of aromatic nitrogens is 1. The predicted octanol–water partition coefficient (Wildman–Crippen LogP) is 7.51. The quantitative estimate of drug-likeness (QED) is 0.220. The molecule has 0 aliphatic heterocycles. The van der Waals surface area contributed by atoms with Crippen molar-refractivity contribution >= 4 is 16.6 Å². The third kappa shape index (κ3) is 2.70. The highest BCUT2D eigenvalue weighted by molar-refractivity contribution is 6.01. The van der Waals surface area contributed by atoms with Crippen molar-refractivity contribution in [3.05, 3.63) is 118 Å². The smallest absolute Gasteiger partial charge is 0.277 e. The van der Waals surface area contributed by atoms with Gasteiger partial charge in [0, 0.05) is 28.1 Å². The molecule has 6 rings (SSSR count). The van der Waals surface area contributed by atoms with E-state index in [4.69, 9.17) is 0 Å². The lowest BCUT2D eigenvalue weighted by Crippen LogP contribution is -2.14. The molecule has 1 aliphatic rings. The van der Waals surface area contributed by atoms with Crippen molar-refractivity contribution in [1.82, 2.24) is 4.57 Å². The van der Waals surface area contributed by atoms with E-state index < -0.39 is 0 Å². The van der Waals surface area contributed by atoms with Crippen LogP contribution in [-0.2, 0) is 5.41 Å². The number of rotatable bonds is 3. The average Bonchev–Trinajstić information content (AvgIpc) is 3.30. The summed E-state index contributed by atoms with van der Waals surface area (Å²) < 4.78 is 2.32. The number of nitro benzene ring substituents is 1. The topological polar surface area (TPSA) is 48.1 Å². The Hall–Kier alpha value is -4.18. The van der Waals surface area contributed by atoms with Gasteiger partial charge in [-0.05, 0) is 41.0 Å². The first kappa shape index (κ1) is 19.5. The molecule has 0 spiro atoms. The van der Waals surface area contributed by atoms with E-state index in [1.165, 1.54) is 27.8 Å². The van der Waals surface area contributed by atoms with E-state index in [1.54, 1.807) is 12.1 Å². The van der Waals surface area contributed by atoms with E-state index in [0.717, 1.165) is 16.8 Å². The lowest BCUT2D eigenvalue weighted by molar-refractivity contribution is -0.384. The summed E-state index contributed by atoms with van der Waals surface area (Å²) in [5, 5.41) is 12.9. The largest absolute Gasteiger partial charge is 0.309 e. The summed E-state index contributed by atoms with van der Waals surface area (Å²) in [7, 11) is 0. The Morgan fingerprint density at radius 1 is 0.788 bits per heavy atom. The SMILES string of the molecule is CC1(C)c2ccccc2-c2c1c1ccc(-c3ccccc3[N+](=O)[O-])cc1n2-c1ccccc1. The van der Waals surface area contributed by atoms with E-state index in [-0.39, 0.29) is 16.0 Å². The lowest BCUT2D eigenvalue weighted by atomic mass is 9.81. The Morgan fingerprint density at radius 3 is 2.21 bits per heavy atom. The molecule has 0 fully saturated rings. The first-order valence-corrected chi connectivity index (χ1v) is 11.1. The van der Waals surface area contributed by atoms with Crippen LogP contribution in [0.2, 0.25) is 0 Å². The fourth-order valence-corrected chi connectivity index (χ4v) is 5.43. The molecule has 4 aromatic carbocycles. The summed E-state index contributed by atoms with van der Waals surface area (Å²) >= 11 is 0. The summed E-state index contributed by atoms with van der Waals surface area (Å²) in [5.74, 6) is 0. The average molecular weight is 431 g/mol. The molecular weight excluding hydrogens is 408 g/mol. The van der Waals surface area contributed by atoms with Gasteiger partial charge in [-0.15, -0.1) is 0 Å². The molecule has 0 amide bonds. The van der Waals surface area contributed by atoms with Gasteiger partial charge in [-0.25, -0.2) is 0 Å². The molecule has 5 aromatic rings. The van der Waals surface area contributed by atoms with Gasteiger partial charge in [-0.1, -0.05) is 80.6 Å². The Labute approximate surface area is 191 Å². The van der Waals surface area contributed by atoms with Gasteiger partial charge < -0.3 is 4.57 Å². The first-order chi connectivity index (χ1) is 16.0. The molecule has 1 heterocycles. The molecule has 33 heavy (non-hydrogen) atoms. The molecule has 1 aromatic heterocycles. The van der Waals surface area contributed by atoms with Gasteiger partial charge >= 0.3 is 0 Å². The number of benzene rings is 4. The lowest BCUT2D eigenvalue weighted by Gasteiger charge is -2.21. The van der Waals surface area contributed by atoms with Gasteiger partial charge in [0.2, 0.25) is 0 Å². The standard InChI is InChI=1S/C29H22N2O2/c1-29(2)24-14-8-6-13-22(24)28-27(29)23-17-16-19(21-12-7-9-15-25(21)31(32)33)18-26(23)30(28)20-10-4-3-5-11-20/h3-18H,1-2H3. The maximum absolute atomic E-state index is 11.7. The van der Waals surface area contributed by atoms with Crippen molar-refractivity contribution in [2.45, 2.75) is 19.3 Å². The summed E-state index contributed by atoms with van der Waals surface area (Å²) in [6.45, 7) is 4.56. The second kappa shape index (κ2) is 6.91. The zero-order valence-corrected chi connectivity index (χ0v) is 18.4. The number of hydrogen-bond acceptors (Lipinski definition) is 2. The highest BCUT2D eigenvalue weighted by atomic mass is 16.6. The van der Waals surface area contributed by atoms with E-state index in [2.05, 4.69) is 66.9 Å². The van der Waals surface area contributed by atoms with Crippen LogP contribution in [0.4, 0.5) is 5.69 Å². The number of fused-ring (bicyclic) bond motifs is 5. The molecule has 1 aliphatic carbocycles. The molecule has 0 saturated carbocycles. The zero-order valence-electron chi connectivity index (χ0n) is 18.4. The minimum absolute atomic E-state index is 0.118. The third-order valence-electron chi connectivity index (χ3n) is 6.88. The Balaban J connectivity index is 1.73. The summed E-state index contributed by atoms with van der Waals surface area (Å²) in [6, 6.07) is 32.2. The van der Waals surface area contributed by atoms with Gasteiger partial charge in [0.15, 0.2) is 0 Å². The summed E-state index contributed by atoms with van der Waals surface area (Å²) in [4.78, 5) is 11.4. The number of nitrogens with zero attached hydrogens (tertiary/aromatic N) is 2. The van der Waals surface area contributed by atoms with Gasteiger partial charge in [0.25, 0.3) is 5.69 Å². The van der Waals surface area contributed by atoms with Crippen LogP contribution >= 0.6 is 0 Å². The molecule has 0 saturated heterocycles. The molecule has 0 unspecified atom stereocenters. The van der Waals surface area contributed by atoms with Gasteiger partial charge in [-0.2, -0.15) is 0 Å².